The van der Waals surface area contributed by atoms with Crippen LogP contribution in [0.15, 0.2) is 30.5 Å². The van der Waals surface area contributed by atoms with E-state index in [9.17, 15) is 23.1 Å². The standard InChI is InChI=1S/C20H19Cl2F3N2O3/c21-14-6-5-11(8-15(14)22)13-7-12(9-26-19(13)30-10-20(23,24)25)18(29)27-16-3-1-2-4-17(16)28/h5-9,16-17,28H,1-4,10H2,(H,27,29)/t16-,17+/m0/s1. The maximum Gasteiger partial charge on any atom is 0.422 e. The van der Waals surface area contributed by atoms with Crippen molar-refractivity contribution >= 4 is 29.1 Å². The molecule has 0 saturated heterocycles. The van der Waals surface area contributed by atoms with Crippen LogP contribution in [0, 0.1) is 0 Å². The third-order valence-corrected chi connectivity index (χ3v) is 5.50. The summed E-state index contributed by atoms with van der Waals surface area (Å²) in [5.74, 6) is -0.780. The molecule has 1 aliphatic carbocycles. The van der Waals surface area contributed by atoms with E-state index in [1.54, 1.807) is 0 Å². The Morgan fingerprint density at radius 1 is 1.20 bits per heavy atom. The van der Waals surface area contributed by atoms with Gasteiger partial charge in [-0.25, -0.2) is 4.98 Å². The predicted molar refractivity (Wildman–Crippen MR) is 107 cm³/mol. The molecular weight excluding hydrogens is 444 g/mol. The highest BCUT2D eigenvalue weighted by Crippen LogP contribution is 2.34. The van der Waals surface area contributed by atoms with E-state index < -0.39 is 24.8 Å². The first-order valence-electron chi connectivity index (χ1n) is 9.28. The number of rotatable bonds is 5. The lowest BCUT2D eigenvalue weighted by Gasteiger charge is -2.28. The number of aliphatic hydroxyl groups excluding tert-OH is 1. The number of ether oxygens (including phenoxy) is 1. The first-order chi connectivity index (χ1) is 14.1. The molecule has 1 heterocycles. The number of alkyl halides is 3. The van der Waals surface area contributed by atoms with Gasteiger partial charge in [0.1, 0.15) is 0 Å². The van der Waals surface area contributed by atoms with Crippen molar-refractivity contribution in [2.24, 2.45) is 0 Å². The number of amides is 1. The van der Waals surface area contributed by atoms with E-state index in [2.05, 4.69) is 10.3 Å². The summed E-state index contributed by atoms with van der Waals surface area (Å²) >= 11 is 12.0. The normalized spacial score (nSPS) is 19.4. The van der Waals surface area contributed by atoms with Crippen LogP contribution in [-0.2, 0) is 0 Å². The van der Waals surface area contributed by atoms with Crippen LogP contribution in [0.3, 0.4) is 0 Å². The Morgan fingerprint density at radius 2 is 1.93 bits per heavy atom. The zero-order chi connectivity index (χ0) is 21.9. The first-order valence-corrected chi connectivity index (χ1v) is 10.0. The SMILES string of the molecule is O=C(N[C@H]1CCCC[C@H]1O)c1cnc(OCC(F)(F)F)c(-c2ccc(Cl)c(Cl)c2)c1. The van der Waals surface area contributed by atoms with Crippen LogP contribution in [-0.4, -0.2) is 40.9 Å². The van der Waals surface area contributed by atoms with Crippen LogP contribution in [0.25, 0.3) is 11.1 Å². The molecule has 1 aromatic heterocycles. The van der Waals surface area contributed by atoms with Gasteiger partial charge in [0.25, 0.3) is 5.91 Å². The number of halogens is 5. The molecule has 30 heavy (non-hydrogen) atoms. The van der Waals surface area contributed by atoms with Crippen molar-refractivity contribution in [2.75, 3.05) is 6.61 Å². The predicted octanol–water partition coefficient (Wildman–Crippen LogP) is 5.03. The summed E-state index contributed by atoms with van der Waals surface area (Å²) in [4.78, 5) is 16.6. The third kappa shape index (κ3) is 5.77. The lowest BCUT2D eigenvalue weighted by atomic mass is 9.92. The minimum Gasteiger partial charge on any atom is -0.468 e. The van der Waals surface area contributed by atoms with Crippen LogP contribution in [0.4, 0.5) is 13.2 Å². The number of benzene rings is 1. The van der Waals surface area contributed by atoms with E-state index in [-0.39, 0.29) is 33.1 Å². The Kier molecular flexibility index (Phi) is 7.10. The van der Waals surface area contributed by atoms with Gasteiger partial charge in [-0.05, 0) is 36.6 Å². The number of aliphatic hydroxyl groups is 1. The van der Waals surface area contributed by atoms with Gasteiger partial charge in [-0.1, -0.05) is 42.1 Å². The highest BCUT2D eigenvalue weighted by molar-refractivity contribution is 6.42. The van der Waals surface area contributed by atoms with Crippen molar-refractivity contribution in [2.45, 2.75) is 44.0 Å². The molecule has 0 radical (unpaired) electrons. The van der Waals surface area contributed by atoms with Gasteiger partial charge in [-0.3, -0.25) is 4.79 Å². The fraction of sp³-hybridized carbons (Fsp3) is 0.400. The zero-order valence-electron chi connectivity index (χ0n) is 15.7. The van der Waals surface area contributed by atoms with E-state index in [1.807, 2.05) is 0 Å². The Labute approximate surface area is 181 Å². The second-order valence-electron chi connectivity index (χ2n) is 7.04. The van der Waals surface area contributed by atoms with Crippen molar-refractivity contribution < 1.29 is 27.8 Å². The maximum absolute atomic E-state index is 12.7. The number of carbonyl (C=O) groups is 1. The summed E-state index contributed by atoms with van der Waals surface area (Å²) in [7, 11) is 0. The molecule has 162 valence electrons. The van der Waals surface area contributed by atoms with Gasteiger partial charge in [-0.15, -0.1) is 0 Å². The Balaban J connectivity index is 1.91. The summed E-state index contributed by atoms with van der Waals surface area (Å²) in [5.41, 5.74) is 0.671. The Hall–Kier alpha value is -2.03. The smallest absolute Gasteiger partial charge is 0.422 e. The summed E-state index contributed by atoms with van der Waals surface area (Å²) in [5, 5.41) is 13.3. The van der Waals surface area contributed by atoms with E-state index >= 15 is 0 Å². The molecule has 5 nitrogen and oxygen atoms in total. The molecule has 1 amide bonds. The summed E-state index contributed by atoms with van der Waals surface area (Å²) in [6.07, 6.45) is -1.03. The summed E-state index contributed by atoms with van der Waals surface area (Å²) in [6, 6.07) is 5.47. The van der Waals surface area contributed by atoms with Crippen molar-refractivity contribution in [3.63, 3.8) is 0 Å². The molecule has 2 aromatic rings. The van der Waals surface area contributed by atoms with E-state index in [1.165, 1.54) is 24.3 Å². The van der Waals surface area contributed by atoms with Crippen LogP contribution < -0.4 is 10.1 Å². The molecule has 1 saturated carbocycles. The molecule has 2 N–H and O–H groups in total. The van der Waals surface area contributed by atoms with Gasteiger partial charge in [0.05, 0.1) is 27.8 Å². The molecule has 1 aromatic carbocycles. The topological polar surface area (TPSA) is 71.5 Å². The molecule has 2 atom stereocenters. The third-order valence-electron chi connectivity index (χ3n) is 4.76. The van der Waals surface area contributed by atoms with Crippen molar-refractivity contribution in [3.8, 4) is 17.0 Å². The van der Waals surface area contributed by atoms with Gasteiger partial charge in [0.2, 0.25) is 5.88 Å². The lowest BCUT2D eigenvalue weighted by molar-refractivity contribution is -0.154. The monoisotopic (exact) mass is 462 g/mol. The minimum absolute atomic E-state index is 0.119. The maximum atomic E-state index is 12.7. The molecule has 0 aliphatic heterocycles. The number of aromatic nitrogens is 1. The van der Waals surface area contributed by atoms with Crippen molar-refractivity contribution in [1.82, 2.24) is 10.3 Å². The Bertz CT molecular complexity index is 925. The largest absolute Gasteiger partial charge is 0.468 e. The first kappa shape index (κ1) is 22.7. The average Bonchev–Trinajstić information content (AvgIpc) is 2.69. The molecular formula is C20H19Cl2F3N2O3. The second-order valence-corrected chi connectivity index (χ2v) is 7.86. The van der Waals surface area contributed by atoms with Gasteiger partial charge in [0, 0.05) is 11.8 Å². The number of carbonyl (C=O) groups excluding carboxylic acids is 1. The van der Waals surface area contributed by atoms with Crippen LogP contribution in [0.2, 0.25) is 10.0 Å². The fourth-order valence-corrected chi connectivity index (χ4v) is 3.54. The van der Waals surface area contributed by atoms with Crippen molar-refractivity contribution in [1.29, 1.82) is 0 Å². The summed E-state index contributed by atoms with van der Waals surface area (Å²) < 4.78 is 42.7. The number of hydrogen-bond donors (Lipinski definition) is 2. The van der Waals surface area contributed by atoms with Crippen LogP contribution >= 0.6 is 23.2 Å². The Morgan fingerprint density at radius 3 is 2.60 bits per heavy atom. The van der Waals surface area contributed by atoms with Gasteiger partial charge >= 0.3 is 6.18 Å². The average molecular weight is 463 g/mol. The molecule has 10 heteroatoms. The second kappa shape index (κ2) is 9.41. The zero-order valence-corrected chi connectivity index (χ0v) is 17.2. The molecule has 1 aliphatic rings. The van der Waals surface area contributed by atoms with Gasteiger partial charge in [-0.2, -0.15) is 13.2 Å². The number of hydrogen-bond acceptors (Lipinski definition) is 4. The molecule has 3 rings (SSSR count). The molecule has 0 bridgehead atoms. The number of nitrogens with one attached hydrogen (secondary N) is 1. The lowest BCUT2D eigenvalue weighted by Crippen LogP contribution is -2.45. The molecule has 0 unspecified atom stereocenters. The number of pyridine rings is 1. The highest BCUT2D eigenvalue weighted by atomic mass is 35.5. The van der Waals surface area contributed by atoms with Gasteiger partial charge in [0.15, 0.2) is 6.61 Å². The fourth-order valence-electron chi connectivity index (χ4n) is 3.24. The number of nitrogens with zero attached hydrogens (tertiary/aromatic N) is 1. The van der Waals surface area contributed by atoms with Crippen LogP contribution in [0.5, 0.6) is 5.88 Å². The minimum atomic E-state index is -4.55. The van der Waals surface area contributed by atoms with Crippen molar-refractivity contribution in [3.05, 3.63) is 46.1 Å². The van der Waals surface area contributed by atoms with Gasteiger partial charge < -0.3 is 15.2 Å². The van der Waals surface area contributed by atoms with Crippen LogP contribution in [0.1, 0.15) is 36.0 Å². The quantitative estimate of drug-likeness (QED) is 0.653. The van der Waals surface area contributed by atoms with E-state index in [0.717, 1.165) is 19.0 Å². The molecule has 0 spiro atoms. The highest BCUT2D eigenvalue weighted by Gasteiger charge is 2.30. The van der Waals surface area contributed by atoms with E-state index in [0.29, 0.717) is 18.4 Å². The van der Waals surface area contributed by atoms with E-state index in [4.69, 9.17) is 27.9 Å². The summed E-state index contributed by atoms with van der Waals surface area (Å²) in [6.45, 7) is -1.53. The molecule has 1 fully saturated rings.